The van der Waals surface area contributed by atoms with Crippen molar-refractivity contribution in [3.8, 4) is 0 Å². The topological polar surface area (TPSA) is 89.7 Å². The largest absolute Gasteiger partial charge is 0.383 e. The maximum absolute atomic E-state index is 13.4. The first-order valence-corrected chi connectivity index (χ1v) is 7.71. The van der Waals surface area contributed by atoms with Crippen LogP contribution in [0.25, 0.3) is 0 Å². The third-order valence-corrected chi connectivity index (χ3v) is 4.93. The summed E-state index contributed by atoms with van der Waals surface area (Å²) in [5.74, 6) is -1.45. The van der Waals surface area contributed by atoms with E-state index in [2.05, 4.69) is 0 Å². The fourth-order valence-electron chi connectivity index (χ4n) is 1.83. The van der Waals surface area contributed by atoms with Crippen LogP contribution in [0.15, 0.2) is 23.1 Å². The molecular weight excluding hydrogens is 299 g/mol. The maximum atomic E-state index is 13.4. The van der Waals surface area contributed by atoms with Crippen molar-refractivity contribution < 1.29 is 22.3 Å². The molecule has 0 unspecified atom stereocenters. The highest BCUT2D eigenvalue weighted by Crippen LogP contribution is 2.20. The normalized spacial score (nSPS) is 13.4. The van der Waals surface area contributed by atoms with Crippen LogP contribution in [0, 0.1) is 12.7 Å². The molecule has 6 nitrogen and oxygen atoms in total. The van der Waals surface area contributed by atoms with Crippen molar-refractivity contribution in [2.45, 2.75) is 24.8 Å². The van der Waals surface area contributed by atoms with Gasteiger partial charge in [-0.2, -0.15) is 4.31 Å². The van der Waals surface area contributed by atoms with E-state index in [-0.39, 0.29) is 18.0 Å². The molecule has 1 rings (SSSR count). The number of nitrogens with two attached hydrogens (primary N) is 1. The highest BCUT2D eigenvalue weighted by atomic mass is 32.2. The molecule has 0 bridgehead atoms. The number of amides is 1. The summed E-state index contributed by atoms with van der Waals surface area (Å²) in [5.41, 5.74) is 5.65. The number of nitrogens with zero attached hydrogens (tertiary/aromatic N) is 1. The predicted molar refractivity (Wildman–Crippen MR) is 75.6 cm³/mol. The highest BCUT2D eigenvalue weighted by molar-refractivity contribution is 7.89. The van der Waals surface area contributed by atoms with Crippen molar-refractivity contribution in [3.63, 3.8) is 0 Å². The molecular formula is C13H19FN2O4S. The molecule has 0 aliphatic rings. The summed E-state index contributed by atoms with van der Waals surface area (Å²) >= 11 is 0. The molecule has 0 aromatic heterocycles. The molecule has 0 fully saturated rings. The molecule has 1 aromatic rings. The average Bonchev–Trinajstić information content (AvgIpc) is 2.37. The Balaban J connectivity index is 3.28. The summed E-state index contributed by atoms with van der Waals surface area (Å²) in [6.07, 6.45) is 0. The number of benzene rings is 1. The van der Waals surface area contributed by atoms with Gasteiger partial charge in [0, 0.05) is 13.7 Å². The maximum Gasteiger partial charge on any atom is 0.243 e. The lowest BCUT2D eigenvalue weighted by atomic mass is 10.2. The number of carbonyl (C=O) groups excluding carboxylic acids is 1. The number of carbonyl (C=O) groups is 1. The van der Waals surface area contributed by atoms with Crippen molar-refractivity contribution in [3.05, 3.63) is 29.6 Å². The summed E-state index contributed by atoms with van der Waals surface area (Å²) in [4.78, 5) is 11.1. The van der Waals surface area contributed by atoms with E-state index in [1.54, 1.807) is 6.92 Å². The van der Waals surface area contributed by atoms with Crippen LogP contribution in [0.3, 0.4) is 0 Å². The van der Waals surface area contributed by atoms with Crippen LogP contribution in [-0.4, -0.2) is 44.9 Å². The van der Waals surface area contributed by atoms with Crippen LogP contribution in [0.5, 0.6) is 0 Å². The van der Waals surface area contributed by atoms with Crippen LogP contribution in [0.2, 0.25) is 0 Å². The number of primary amides is 1. The zero-order valence-corrected chi connectivity index (χ0v) is 13.0. The Kier molecular flexibility index (Phi) is 5.82. The molecule has 0 spiro atoms. The van der Waals surface area contributed by atoms with E-state index >= 15 is 0 Å². The van der Waals surface area contributed by atoms with Gasteiger partial charge in [-0.25, -0.2) is 12.8 Å². The third-order valence-electron chi connectivity index (χ3n) is 2.98. The fourth-order valence-corrected chi connectivity index (χ4v) is 3.53. The molecule has 0 saturated carbocycles. The van der Waals surface area contributed by atoms with E-state index in [9.17, 15) is 17.6 Å². The minimum absolute atomic E-state index is 0.0570. The lowest BCUT2D eigenvalue weighted by Gasteiger charge is -2.26. The van der Waals surface area contributed by atoms with E-state index in [0.29, 0.717) is 5.56 Å². The molecule has 0 radical (unpaired) electrons. The van der Waals surface area contributed by atoms with Crippen LogP contribution in [-0.2, 0) is 19.6 Å². The van der Waals surface area contributed by atoms with Gasteiger partial charge in [-0.05, 0) is 37.6 Å². The van der Waals surface area contributed by atoms with Gasteiger partial charge >= 0.3 is 0 Å². The standard InChI is InChI=1S/C13H19FN2O4S/c1-9-6-11(14)8-12(7-9)21(18,19)16(4-5-20-3)10(2)13(15)17/h6-8,10H,4-5H2,1-3H3,(H2,15,17)/t10-/m1/s1. The molecule has 1 atom stereocenters. The predicted octanol–water partition coefficient (Wildman–Crippen LogP) is 0.645. The highest BCUT2D eigenvalue weighted by Gasteiger charge is 2.32. The number of hydrogen-bond acceptors (Lipinski definition) is 4. The van der Waals surface area contributed by atoms with Crippen molar-refractivity contribution in [1.29, 1.82) is 0 Å². The van der Waals surface area contributed by atoms with E-state index in [4.69, 9.17) is 10.5 Å². The summed E-state index contributed by atoms with van der Waals surface area (Å²) in [5, 5.41) is 0. The molecule has 1 aromatic carbocycles. The van der Waals surface area contributed by atoms with Crippen LogP contribution >= 0.6 is 0 Å². The lowest BCUT2D eigenvalue weighted by Crippen LogP contribution is -2.47. The molecule has 0 aliphatic heterocycles. The number of ether oxygens (including phenoxy) is 1. The van der Waals surface area contributed by atoms with Crippen molar-refractivity contribution >= 4 is 15.9 Å². The Hall–Kier alpha value is -1.51. The monoisotopic (exact) mass is 318 g/mol. The third kappa shape index (κ3) is 4.23. The molecule has 118 valence electrons. The second-order valence-corrected chi connectivity index (χ2v) is 6.54. The van der Waals surface area contributed by atoms with Gasteiger partial charge in [0.2, 0.25) is 15.9 Å². The van der Waals surface area contributed by atoms with Crippen molar-refractivity contribution in [2.24, 2.45) is 5.73 Å². The van der Waals surface area contributed by atoms with Crippen molar-refractivity contribution in [2.75, 3.05) is 20.3 Å². The summed E-state index contributed by atoms with van der Waals surface area (Å²) < 4.78 is 44.4. The minimum Gasteiger partial charge on any atom is -0.383 e. The Morgan fingerprint density at radius 3 is 2.52 bits per heavy atom. The summed E-state index contributed by atoms with van der Waals surface area (Å²) in [6.45, 7) is 2.99. The van der Waals surface area contributed by atoms with E-state index in [1.807, 2.05) is 0 Å². The van der Waals surface area contributed by atoms with E-state index in [1.165, 1.54) is 26.2 Å². The van der Waals surface area contributed by atoms with Gasteiger partial charge in [-0.3, -0.25) is 4.79 Å². The van der Waals surface area contributed by atoms with E-state index in [0.717, 1.165) is 10.4 Å². The molecule has 0 aliphatic carbocycles. The molecule has 1 amide bonds. The van der Waals surface area contributed by atoms with Crippen molar-refractivity contribution in [1.82, 2.24) is 4.31 Å². The fraction of sp³-hybridized carbons (Fsp3) is 0.462. The summed E-state index contributed by atoms with van der Waals surface area (Å²) in [7, 11) is -2.64. The minimum atomic E-state index is -4.05. The number of rotatable bonds is 7. The van der Waals surface area contributed by atoms with Gasteiger partial charge in [-0.1, -0.05) is 0 Å². The number of halogens is 1. The van der Waals surface area contributed by atoms with Crippen LogP contribution < -0.4 is 5.73 Å². The zero-order chi connectivity index (χ0) is 16.2. The van der Waals surface area contributed by atoms with Gasteiger partial charge in [0.25, 0.3) is 0 Å². The Morgan fingerprint density at radius 2 is 2.05 bits per heavy atom. The Bertz CT molecular complexity index is 598. The first-order chi connectivity index (χ1) is 9.70. The van der Waals surface area contributed by atoms with Gasteiger partial charge in [0.1, 0.15) is 11.9 Å². The molecule has 8 heteroatoms. The number of hydrogen-bond donors (Lipinski definition) is 1. The Morgan fingerprint density at radius 1 is 1.43 bits per heavy atom. The van der Waals surface area contributed by atoms with Crippen LogP contribution in [0.1, 0.15) is 12.5 Å². The first-order valence-electron chi connectivity index (χ1n) is 6.27. The average molecular weight is 318 g/mol. The number of methoxy groups -OCH3 is 1. The molecule has 21 heavy (non-hydrogen) atoms. The number of sulfonamides is 1. The van der Waals surface area contributed by atoms with Gasteiger partial charge in [0.15, 0.2) is 0 Å². The molecule has 2 N–H and O–H groups in total. The lowest BCUT2D eigenvalue weighted by molar-refractivity contribution is -0.121. The second-order valence-electron chi connectivity index (χ2n) is 4.65. The zero-order valence-electron chi connectivity index (χ0n) is 12.2. The second kappa shape index (κ2) is 6.97. The first kappa shape index (κ1) is 17.5. The van der Waals surface area contributed by atoms with Gasteiger partial charge < -0.3 is 10.5 Å². The Labute approximate surface area is 123 Å². The molecule has 0 saturated heterocycles. The number of aryl methyl sites for hydroxylation is 1. The SMILES string of the molecule is COCCN([C@H](C)C(N)=O)S(=O)(=O)c1cc(C)cc(F)c1. The smallest absolute Gasteiger partial charge is 0.243 e. The van der Waals surface area contributed by atoms with Gasteiger partial charge in [-0.15, -0.1) is 0 Å². The van der Waals surface area contributed by atoms with Gasteiger partial charge in [0.05, 0.1) is 11.5 Å². The molecule has 0 heterocycles. The summed E-state index contributed by atoms with van der Waals surface area (Å²) in [6, 6.07) is 2.41. The van der Waals surface area contributed by atoms with Crippen LogP contribution in [0.4, 0.5) is 4.39 Å². The quantitative estimate of drug-likeness (QED) is 0.799. The van der Waals surface area contributed by atoms with E-state index < -0.39 is 27.8 Å².